The van der Waals surface area contributed by atoms with E-state index < -0.39 is 15.9 Å². The van der Waals surface area contributed by atoms with Gasteiger partial charge in [-0.2, -0.15) is 4.31 Å². The van der Waals surface area contributed by atoms with Gasteiger partial charge in [0, 0.05) is 11.6 Å². The molecular weight excluding hydrogens is 404 g/mol. The maximum atomic E-state index is 12.2. The molecule has 2 aromatic carbocycles. The molecule has 9 heteroatoms. The zero-order valence-electron chi connectivity index (χ0n) is 15.7. The molecule has 0 aliphatic carbocycles. The highest BCUT2D eigenvalue weighted by atomic mass is 35.5. The third kappa shape index (κ3) is 6.70. The Morgan fingerprint density at radius 2 is 1.75 bits per heavy atom. The van der Waals surface area contributed by atoms with Gasteiger partial charge in [-0.05, 0) is 23.8 Å². The molecule has 0 aliphatic rings. The van der Waals surface area contributed by atoms with E-state index in [1.165, 1.54) is 0 Å². The van der Waals surface area contributed by atoms with E-state index >= 15 is 0 Å². The van der Waals surface area contributed by atoms with E-state index in [9.17, 15) is 13.2 Å². The number of nitrogens with zero attached hydrogens (tertiary/aromatic N) is 1. The molecule has 152 valence electrons. The van der Waals surface area contributed by atoms with Crippen LogP contribution in [0.1, 0.15) is 5.56 Å². The fraction of sp³-hybridized carbons (Fsp3) is 0.316. The van der Waals surface area contributed by atoms with Crippen LogP contribution in [0.25, 0.3) is 0 Å². The summed E-state index contributed by atoms with van der Waals surface area (Å²) in [5, 5.41) is 3.10. The zero-order valence-corrected chi connectivity index (χ0v) is 17.3. The molecule has 28 heavy (non-hydrogen) atoms. The monoisotopic (exact) mass is 426 g/mol. The summed E-state index contributed by atoms with van der Waals surface area (Å²) in [6.07, 6.45) is 1.06. The number of ether oxygens (including phenoxy) is 2. The molecule has 0 unspecified atom stereocenters. The molecule has 0 atom stereocenters. The van der Waals surface area contributed by atoms with Crippen LogP contribution in [0.3, 0.4) is 0 Å². The van der Waals surface area contributed by atoms with Crippen LogP contribution in [0.4, 0.5) is 0 Å². The van der Waals surface area contributed by atoms with Gasteiger partial charge in [0.25, 0.3) is 0 Å². The Labute approximate surface area is 170 Å². The highest BCUT2D eigenvalue weighted by Gasteiger charge is 2.21. The number of hydrogen-bond acceptors (Lipinski definition) is 5. The summed E-state index contributed by atoms with van der Waals surface area (Å²) in [6, 6.07) is 14.1. The summed E-state index contributed by atoms with van der Waals surface area (Å²) in [5.41, 5.74) is 0.627. The maximum absolute atomic E-state index is 12.2. The van der Waals surface area contributed by atoms with Crippen molar-refractivity contribution in [3.8, 4) is 11.5 Å². The van der Waals surface area contributed by atoms with Crippen molar-refractivity contribution >= 4 is 27.5 Å². The number of carbonyl (C=O) groups is 1. The number of sulfonamides is 1. The third-order valence-electron chi connectivity index (χ3n) is 3.84. The molecular formula is C19H23ClN2O5S. The van der Waals surface area contributed by atoms with Crippen molar-refractivity contribution in [2.75, 3.05) is 33.1 Å². The number of hydrogen-bond donors (Lipinski definition) is 1. The number of methoxy groups -OCH3 is 1. The molecule has 0 aromatic heterocycles. The van der Waals surface area contributed by atoms with Gasteiger partial charge in [0.1, 0.15) is 6.61 Å². The van der Waals surface area contributed by atoms with E-state index in [0.717, 1.165) is 10.6 Å². The molecule has 7 nitrogen and oxygen atoms in total. The number of para-hydroxylation sites is 2. The number of halogens is 1. The van der Waals surface area contributed by atoms with Crippen LogP contribution in [0.2, 0.25) is 5.02 Å². The SMILES string of the molecule is COc1ccccc1OCCNC(=O)CN(Cc1ccccc1Cl)S(C)(=O)=O. The van der Waals surface area contributed by atoms with Crippen LogP contribution in [-0.2, 0) is 21.4 Å². The summed E-state index contributed by atoms with van der Waals surface area (Å²) in [4.78, 5) is 12.2. The van der Waals surface area contributed by atoms with Crippen molar-refractivity contribution in [2.24, 2.45) is 0 Å². The average molecular weight is 427 g/mol. The predicted molar refractivity (Wildman–Crippen MR) is 108 cm³/mol. The van der Waals surface area contributed by atoms with E-state index in [4.69, 9.17) is 21.1 Å². The predicted octanol–water partition coefficient (Wildman–Crippen LogP) is 2.31. The third-order valence-corrected chi connectivity index (χ3v) is 5.41. The van der Waals surface area contributed by atoms with Crippen molar-refractivity contribution in [3.05, 3.63) is 59.1 Å². The van der Waals surface area contributed by atoms with Crippen molar-refractivity contribution in [1.29, 1.82) is 0 Å². The zero-order chi connectivity index (χ0) is 20.6. The fourth-order valence-electron chi connectivity index (χ4n) is 2.41. The smallest absolute Gasteiger partial charge is 0.235 e. The van der Waals surface area contributed by atoms with E-state index in [2.05, 4.69) is 5.32 Å². The van der Waals surface area contributed by atoms with Gasteiger partial charge in [0.05, 0.1) is 26.5 Å². The molecule has 1 amide bonds. The van der Waals surface area contributed by atoms with Gasteiger partial charge in [-0.1, -0.05) is 41.9 Å². The topological polar surface area (TPSA) is 84.9 Å². The molecule has 1 N–H and O–H groups in total. The molecule has 0 spiro atoms. The first-order valence-corrected chi connectivity index (χ1v) is 10.7. The second-order valence-corrected chi connectivity index (χ2v) is 8.36. The Morgan fingerprint density at radius 3 is 2.39 bits per heavy atom. The molecule has 0 heterocycles. The molecule has 0 saturated heterocycles. The number of amides is 1. The molecule has 0 radical (unpaired) electrons. The standard InChI is InChI=1S/C19H23ClN2O5S/c1-26-17-9-5-6-10-18(17)27-12-11-21-19(23)14-22(28(2,24)25)13-15-7-3-4-8-16(15)20/h3-10H,11-14H2,1-2H3,(H,21,23). The minimum absolute atomic E-state index is 0.0175. The Kier molecular flexibility index (Phi) is 8.10. The van der Waals surface area contributed by atoms with Gasteiger partial charge in [0.15, 0.2) is 11.5 Å². The lowest BCUT2D eigenvalue weighted by Gasteiger charge is -2.20. The molecule has 0 saturated carbocycles. The molecule has 2 rings (SSSR count). The van der Waals surface area contributed by atoms with Crippen LogP contribution in [-0.4, -0.2) is 51.7 Å². The van der Waals surface area contributed by atoms with Crippen molar-refractivity contribution < 1.29 is 22.7 Å². The Bertz CT molecular complexity index is 905. The van der Waals surface area contributed by atoms with Crippen LogP contribution >= 0.6 is 11.6 Å². The van der Waals surface area contributed by atoms with Crippen molar-refractivity contribution in [2.45, 2.75) is 6.54 Å². The summed E-state index contributed by atoms with van der Waals surface area (Å²) >= 11 is 6.09. The molecule has 0 bridgehead atoms. The number of benzene rings is 2. The minimum atomic E-state index is -3.59. The number of carbonyl (C=O) groups excluding carboxylic acids is 1. The number of nitrogens with one attached hydrogen (secondary N) is 1. The second-order valence-electron chi connectivity index (χ2n) is 5.97. The molecule has 2 aromatic rings. The van der Waals surface area contributed by atoms with Crippen molar-refractivity contribution in [1.82, 2.24) is 9.62 Å². The first-order chi connectivity index (χ1) is 13.3. The van der Waals surface area contributed by atoms with Crippen LogP contribution in [0.15, 0.2) is 48.5 Å². The minimum Gasteiger partial charge on any atom is -0.493 e. The van der Waals surface area contributed by atoms with E-state index in [1.807, 2.05) is 12.1 Å². The highest BCUT2D eigenvalue weighted by Crippen LogP contribution is 2.25. The van der Waals surface area contributed by atoms with Gasteiger partial charge >= 0.3 is 0 Å². The first-order valence-electron chi connectivity index (χ1n) is 8.52. The van der Waals surface area contributed by atoms with E-state index in [1.54, 1.807) is 43.5 Å². The Hall–Kier alpha value is -2.29. The molecule has 0 fully saturated rings. The Morgan fingerprint density at radius 1 is 1.11 bits per heavy atom. The lowest BCUT2D eigenvalue weighted by atomic mass is 10.2. The fourth-order valence-corrected chi connectivity index (χ4v) is 3.33. The normalized spacial score (nSPS) is 11.3. The van der Waals surface area contributed by atoms with E-state index in [0.29, 0.717) is 22.1 Å². The quantitative estimate of drug-likeness (QED) is 0.589. The Balaban J connectivity index is 1.87. The van der Waals surface area contributed by atoms with Gasteiger partial charge in [-0.15, -0.1) is 0 Å². The largest absolute Gasteiger partial charge is 0.493 e. The summed E-state index contributed by atoms with van der Waals surface area (Å²) in [5.74, 6) is 0.730. The summed E-state index contributed by atoms with van der Waals surface area (Å²) in [7, 11) is -2.05. The van der Waals surface area contributed by atoms with Crippen molar-refractivity contribution in [3.63, 3.8) is 0 Å². The average Bonchev–Trinajstić information content (AvgIpc) is 2.66. The van der Waals surface area contributed by atoms with Gasteiger partial charge in [-0.25, -0.2) is 8.42 Å². The first kappa shape index (κ1) is 22.0. The maximum Gasteiger partial charge on any atom is 0.235 e. The lowest BCUT2D eigenvalue weighted by molar-refractivity contribution is -0.121. The molecule has 0 aliphatic heterocycles. The number of rotatable bonds is 10. The lowest BCUT2D eigenvalue weighted by Crippen LogP contribution is -2.41. The van der Waals surface area contributed by atoms with Gasteiger partial charge in [-0.3, -0.25) is 4.79 Å². The van der Waals surface area contributed by atoms with Crippen LogP contribution in [0, 0.1) is 0 Å². The van der Waals surface area contributed by atoms with Gasteiger partial charge < -0.3 is 14.8 Å². The van der Waals surface area contributed by atoms with Gasteiger partial charge in [0.2, 0.25) is 15.9 Å². The summed E-state index contributed by atoms with van der Waals surface area (Å²) < 4.78 is 35.9. The van der Waals surface area contributed by atoms with Crippen LogP contribution < -0.4 is 14.8 Å². The van der Waals surface area contributed by atoms with E-state index in [-0.39, 0.29) is 26.2 Å². The van der Waals surface area contributed by atoms with Crippen LogP contribution in [0.5, 0.6) is 11.5 Å². The summed E-state index contributed by atoms with van der Waals surface area (Å²) in [6.45, 7) is 0.151. The highest BCUT2D eigenvalue weighted by molar-refractivity contribution is 7.88. The second kappa shape index (κ2) is 10.3.